The molecule has 0 unspecified atom stereocenters. The van der Waals surface area contributed by atoms with Crippen molar-refractivity contribution in [3.05, 3.63) is 105 Å². The molecule has 7 heteroatoms. The molecular weight excluding hydrogens is 502 g/mol. The number of nitrogens with one attached hydrogen (secondary N) is 1. The van der Waals surface area contributed by atoms with Crippen LogP contribution in [0.1, 0.15) is 56.2 Å². The van der Waals surface area contributed by atoms with E-state index in [9.17, 15) is 10.1 Å². The highest BCUT2D eigenvalue weighted by atomic mass is 32.1. The Balaban J connectivity index is 1.30. The number of thiophene rings is 1. The fourth-order valence-electron chi connectivity index (χ4n) is 5.40. The van der Waals surface area contributed by atoms with Gasteiger partial charge < -0.3 is 4.57 Å². The summed E-state index contributed by atoms with van der Waals surface area (Å²) >= 11 is 1.73. The molecule has 6 rings (SSSR count). The molecule has 2 aromatic carbocycles. The van der Waals surface area contributed by atoms with E-state index in [0.29, 0.717) is 5.56 Å². The van der Waals surface area contributed by atoms with Crippen LogP contribution in [0.3, 0.4) is 0 Å². The quantitative estimate of drug-likeness (QED) is 0.199. The van der Waals surface area contributed by atoms with E-state index in [-0.39, 0.29) is 5.91 Å². The van der Waals surface area contributed by atoms with Crippen LogP contribution in [0.15, 0.2) is 71.8 Å². The van der Waals surface area contributed by atoms with Crippen molar-refractivity contribution in [3.63, 3.8) is 0 Å². The largest absolute Gasteiger partial charge is 0.308 e. The summed E-state index contributed by atoms with van der Waals surface area (Å²) in [6, 6.07) is 23.8. The van der Waals surface area contributed by atoms with Crippen LogP contribution in [0.4, 0.5) is 0 Å². The molecule has 39 heavy (non-hydrogen) atoms. The summed E-state index contributed by atoms with van der Waals surface area (Å²) in [4.78, 5) is 19.4. The molecule has 1 N–H and O–H groups in total. The van der Waals surface area contributed by atoms with Crippen molar-refractivity contribution >= 4 is 34.4 Å². The van der Waals surface area contributed by atoms with Gasteiger partial charge in [0.1, 0.15) is 11.1 Å². The molecule has 3 aromatic heterocycles. The Morgan fingerprint density at radius 3 is 2.67 bits per heavy atom. The van der Waals surface area contributed by atoms with E-state index >= 15 is 0 Å². The van der Waals surface area contributed by atoms with E-state index < -0.39 is 0 Å². The van der Waals surface area contributed by atoms with Crippen LogP contribution in [0.2, 0.25) is 0 Å². The Morgan fingerprint density at radius 1 is 1.08 bits per heavy atom. The van der Waals surface area contributed by atoms with Crippen LogP contribution < -0.4 is 5.43 Å². The average Bonchev–Trinajstić information content (AvgIpc) is 3.47. The molecular formula is C32H27N5OS. The van der Waals surface area contributed by atoms with Gasteiger partial charge in [0.25, 0.3) is 5.91 Å². The van der Waals surface area contributed by atoms with Gasteiger partial charge in [-0.25, -0.2) is 10.4 Å². The maximum absolute atomic E-state index is 13.3. The van der Waals surface area contributed by atoms with Gasteiger partial charge in [-0.3, -0.25) is 4.79 Å². The number of nitrogens with zero attached hydrogens (tertiary/aromatic N) is 4. The summed E-state index contributed by atoms with van der Waals surface area (Å²) in [6.45, 7) is 4.07. The minimum Gasteiger partial charge on any atom is -0.308 e. The molecule has 0 fully saturated rings. The fraction of sp³-hybridized carbons (Fsp3) is 0.188. The number of carbonyl (C=O) groups excluding carboxylic acids is 1. The van der Waals surface area contributed by atoms with E-state index in [0.717, 1.165) is 68.9 Å². The number of benzene rings is 2. The zero-order valence-corrected chi connectivity index (χ0v) is 22.7. The Labute approximate surface area is 231 Å². The minimum absolute atomic E-state index is 0.298. The normalized spacial score (nSPS) is 12.9. The molecule has 1 aliphatic rings. The summed E-state index contributed by atoms with van der Waals surface area (Å²) in [6.07, 6.45) is 6.02. The number of hydrogen-bond donors (Lipinski definition) is 1. The zero-order valence-electron chi connectivity index (χ0n) is 21.9. The standard InChI is InChI=1S/C32H27N5OS/c1-20-16-23(21(2)37(20)32-27(18-33)25-13-7-9-15-30(25)39-32)19-34-36-31(38)26-17-29(22-10-4-3-5-11-22)35-28-14-8-6-12-24(26)28/h3-6,8,10-12,14,16-17,19H,7,9,13,15H2,1-2H3,(H,36,38)/b34-19+. The third kappa shape index (κ3) is 4.53. The summed E-state index contributed by atoms with van der Waals surface area (Å²) in [5, 5.41) is 16.0. The van der Waals surface area contributed by atoms with E-state index in [1.54, 1.807) is 17.6 Å². The van der Waals surface area contributed by atoms with Crippen molar-refractivity contribution in [1.82, 2.24) is 15.0 Å². The lowest BCUT2D eigenvalue weighted by Crippen LogP contribution is -2.18. The number of carbonyl (C=O) groups is 1. The van der Waals surface area contributed by atoms with Gasteiger partial charge in [-0.15, -0.1) is 11.3 Å². The van der Waals surface area contributed by atoms with Gasteiger partial charge in [0.15, 0.2) is 0 Å². The monoisotopic (exact) mass is 529 g/mol. The van der Waals surface area contributed by atoms with Crippen LogP contribution >= 0.6 is 11.3 Å². The first kappa shape index (κ1) is 24.8. The van der Waals surface area contributed by atoms with Crippen molar-refractivity contribution in [3.8, 4) is 22.3 Å². The van der Waals surface area contributed by atoms with Crippen molar-refractivity contribution in [2.75, 3.05) is 0 Å². The van der Waals surface area contributed by atoms with Gasteiger partial charge >= 0.3 is 0 Å². The van der Waals surface area contributed by atoms with Gasteiger partial charge in [-0.2, -0.15) is 10.4 Å². The molecule has 6 nitrogen and oxygen atoms in total. The van der Waals surface area contributed by atoms with Crippen LogP contribution in [-0.4, -0.2) is 21.7 Å². The average molecular weight is 530 g/mol. The Morgan fingerprint density at radius 2 is 1.85 bits per heavy atom. The first-order valence-corrected chi connectivity index (χ1v) is 13.9. The lowest BCUT2D eigenvalue weighted by atomic mass is 9.96. The number of fused-ring (bicyclic) bond motifs is 2. The molecule has 1 amide bonds. The van der Waals surface area contributed by atoms with E-state index in [1.165, 1.54) is 16.9 Å². The first-order valence-electron chi connectivity index (χ1n) is 13.1. The third-order valence-corrected chi connectivity index (χ3v) is 8.61. The van der Waals surface area contributed by atoms with Gasteiger partial charge in [0.2, 0.25) is 0 Å². The third-order valence-electron chi connectivity index (χ3n) is 7.34. The van der Waals surface area contributed by atoms with Crippen molar-refractivity contribution < 1.29 is 4.79 Å². The number of hydrogen-bond acceptors (Lipinski definition) is 5. The first-order chi connectivity index (χ1) is 19.0. The number of para-hydroxylation sites is 1. The van der Waals surface area contributed by atoms with Gasteiger partial charge in [-0.05, 0) is 63.3 Å². The summed E-state index contributed by atoms with van der Waals surface area (Å²) in [5.74, 6) is -0.298. The molecule has 192 valence electrons. The predicted molar refractivity (Wildman–Crippen MR) is 157 cm³/mol. The highest BCUT2D eigenvalue weighted by Gasteiger charge is 2.23. The molecule has 0 atom stereocenters. The SMILES string of the molecule is Cc1cc(/C=N/NC(=O)c2cc(-c3ccccc3)nc3ccccc23)c(C)n1-c1sc2c(c1C#N)CCCC2. The molecule has 3 heterocycles. The van der Waals surface area contributed by atoms with Gasteiger partial charge in [0, 0.05) is 32.8 Å². The smallest absolute Gasteiger partial charge is 0.272 e. The number of nitriles is 1. The molecule has 5 aromatic rings. The van der Waals surface area contributed by atoms with E-state index in [1.807, 2.05) is 80.6 Å². The van der Waals surface area contributed by atoms with Crippen molar-refractivity contribution in [2.45, 2.75) is 39.5 Å². The Bertz CT molecular complexity index is 1790. The molecule has 0 saturated heterocycles. The molecule has 0 aliphatic heterocycles. The van der Waals surface area contributed by atoms with Gasteiger partial charge in [0.05, 0.1) is 28.6 Å². The second-order valence-corrected chi connectivity index (χ2v) is 10.9. The highest BCUT2D eigenvalue weighted by Crippen LogP contribution is 2.38. The van der Waals surface area contributed by atoms with Crippen LogP contribution in [0.5, 0.6) is 0 Å². The molecule has 0 saturated carbocycles. The molecule has 0 bridgehead atoms. The second-order valence-electron chi connectivity index (χ2n) is 9.80. The lowest BCUT2D eigenvalue weighted by molar-refractivity contribution is 0.0956. The van der Waals surface area contributed by atoms with Crippen LogP contribution in [-0.2, 0) is 12.8 Å². The Kier molecular flexibility index (Phi) is 6.55. The van der Waals surface area contributed by atoms with Crippen LogP contribution in [0.25, 0.3) is 27.2 Å². The second kappa shape index (κ2) is 10.3. The number of aromatic nitrogens is 2. The minimum atomic E-state index is -0.298. The summed E-state index contributed by atoms with van der Waals surface area (Å²) in [7, 11) is 0. The maximum atomic E-state index is 13.3. The summed E-state index contributed by atoms with van der Waals surface area (Å²) < 4.78 is 2.15. The molecule has 0 spiro atoms. The number of pyridine rings is 1. The van der Waals surface area contributed by atoms with E-state index in [2.05, 4.69) is 21.2 Å². The highest BCUT2D eigenvalue weighted by molar-refractivity contribution is 7.15. The van der Waals surface area contributed by atoms with Gasteiger partial charge in [-0.1, -0.05) is 48.5 Å². The lowest BCUT2D eigenvalue weighted by Gasteiger charge is -2.10. The topological polar surface area (TPSA) is 83.1 Å². The van der Waals surface area contributed by atoms with E-state index in [4.69, 9.17) is 4.98 Å². The summed E-state index contributed by atoms with van der Waals surface area (Å²) in [5.41, 5.74) is 10.6. The number of amides is 1. The number of rotatable bonds is 5. The number of hydrazone groups is 1. The molecule has 1 aliphatic carbocycles. The Hall–Kier alpha value is -4.54. The predicted octanol–water partition coefficient (Wildman–Crippen LogP) is 6.89. The zero-order chi connectivity index (χ0) is 26.9. The van der Waals surface area contributed by atoms with Crippen molar-refractivity contribution in [2.24, 2.45) is 5.10 Å². The van der Waals surface area contributed by atoms with Crippen LogP contribution in [0, 0.1) is 25.2 Å². The van der Waals surface area contributed by atoms with Crippen molar-refractivity contribution in [1.29, 1.82) is 5.26 Å². The fourth-order valence-corrected chi connectivity index (χ4v) is 6.85. The molecule has 0 radical (unpaired) electrons. The maximum Gasteiger partial charge on any atom is 0.272 e. The number of aryl methyl sites for hydroxylation is 2.